The van der Waals surface area contributed by atoms with E-state index in [1.54, 1.807) is 18.2 Å². The maximum absolute atomic E-state index is 11.3. The number of sulfone groups is 1. The number of nitrogens with two attached hydrogens (primary N) is 1. The zero-order valence-corrected chi connectivity index (χ0v) is 9.97. The molecule has 0 radical (unpaired) electrons. The van der Waals surface area contributed by atoms with Crippen LogP contribution in [0.5, 0.6) is 0 Å². The summed E-state index contributed by atoms with van der Waals surface area (Å²) >= 11 is 0. The van der Waals surface area contributed by atoms with Crippen molar-refractivity contribution in [1.29, 1.82) is 0 Å². The Bertz CT molecular complexity index is 509. The van der Waals surface area contributed by atoms with Crippen LogP contribution in [0.15, 0.2) is 18.2 Å². The van der Waals surface area contributed by atoms with Crippen LogP contribution in [0.1, 0.15) is 5.56 Å². The summed E-state index contributed by atoms with van der Waals surface area (Å²) in [5.74, 6) is -1.13. The molecule has 1 aromatic carbocycles. The van der Waals surface area contributed by atoms with Gasteiger partial charge in [0.1, 0.15) is 5.75 Å². The maximum atomic E-state index is 11.3. The molecule has 0 heterocycles. The number of nitrogens with one attached hydrogen (secondary N) is 1. The minimum atomic E-state index is -3.32. The predicted octanol–water partition coefficient (Wildman–Crippen LogP) is 0.560. The van der Waals surface area contributed by atoms with Gasteiger partial charge in [-0.05, 0) is 24.6 Å². The number of aryl methyl sites for hydroxylation is 1. The lowest BCUT2D eigenvalue weighted by Crippen LogP contribution is -2.22. The van der Waals surface area contributed by atoms with Gasteiger partial charge in [0.2, 0.25) is 5.91 Å². The van der Waals surface area contributed by atoms with Crippen molar-refractivity contribution in [2.45, 2.75) is 6.92 Å². The van der Waals surface area contributed by atoms with Crippen LogP contribution in [0.2, 0.25) is 0 Å². The molecule has 1 amide bonds. The molecule has 0 atom stereocenters. The minimum Gasteiger partial charge on any atom is -0.397 e. The fourth-order valence-electron chi connectivity index (χ4n) is 1.22. The molecule has 5 nitrogen and oxygen atoms in total. The van der Waals surface area contributed by atoms with E-state index < -0.39 is 21.5 Å². The second kappa shape index (κ2) is 4.52. The van der Waals surface area contributed by atoms with Gasteiger partial charge in [-0.1, -0.05) is 6.07 Å². The Morgan fingerprint density at radius 2 is 2.06 bits per heavy atom. The first-order chi connectivity index (χ1) is 7.28. The number of amides is 1. The lowest BCUT2D eigenvalue weighted by molar-refractivity contribution is -0.113. The summed E-state index contributed by atoms with van der Waals surface area (Å²) in [5, 5.41) is 2.45. The van der Waals surface area contributed by atoms with Crippen LogP contribution in [0.3, 0.4) is 0 Å². The Morgan fingerprint density at radius 1 is 1.44 bits per heavy atom. The quantitative estimate of drug-likeness (QED) is 0.758. The Labute approximate surface area is 94.6 Å². The van der Waals surface area contributed by atoms with Crippen molar-refractivity contribution in [2.75, 3.05) is 23.1 Å². The van der Waals surface area contributed by atoms with E-state index in [1.165, 1.54) is 0 Å². The third kappa shape index (κ3) is 3.90. The Kier molecular flexibility index (Phi) is 3.54. The second-order valence-electron chi connectivity index (χ2n) is 3.71. The van der Waals surface area contributed by atoms with Crippen molar-refractivity contribution in [3.8, 4) is 0 Å². The van der Waals surface area contributed by atoms with Crippen molar-refractivity contribution in [3.05, 3.63) is 23.8 Å². The van der Waals surface area contributed by atoms with Gasteiger partial charge in [0.25, 0.3) is 0 Å². The van der Waals surface area contributed by atoms with E-state index in [9.17, 15) is 13.2 Å². The largest absolute Gasteiger partial charge is 0.397 e. The van der Waals surface area contributed by atoms with Gasteiger partial charge in [0.05, 0.1) is 11.4 Å². The first-order valence-corrected chi connectivity index (χ1v) is 6.68. The van der Waals surface area contributed by atoms with Gasteiger partial charge in [-0.25, -0.2) is 8.42 Å². The lowest BCUT2D eigenvalue weighted by atomic mass is 10.2. The Hall–Kier alpha value is -1.56. The first kappa shape index (κ1) is 12.5. The van der Waals surface area contributed by atoms with E-state index in [0.717, 1.165) is 11.8 Å². The van der Waals surface area contributed by atoms with E-state index in [-0.39, 0.29) is 0 Å². The van der Waals surface area contributed by atoms with E-state index in [0.29, 0.717) is 11.4 Å². The third-order valence-corrected chi connectivity index (χ3v) is 2.66. The van der Waals surface area contributed by atoms with Gasteiger partial charge in [0, 0.05) is 6.26 Å². The molecule has 6 heteroatoms. The summed E-state index contributed by atoms with van der Waals surface area (Å²) < 4.78 is 21.8. The van der Waals surface area contributed by atoms with Crippen molar-refractivity contribution in [3.63, 3.8) is 0 Å². The van der Waals surface area contributed by atoms with E-state index in [2.05, 4.69) is 5.32 Å². The third-order valence-electron chi connectivity index (χ3n) is 1.87. The Morgan fingerprint density at radius 3 is 2.56 bits per heavy atom. The molecule has 1 aromatic rings. The number of rotatable bonds is 3. The zero-order valence-electron chi connectivity index (χ0n) is 9.15. The molecule has 88 valence electrons. The SMILES string of the molecule is Cc1ccc(NC(=O)CS(C)(=O)=O)c(N)c1. The molecule has 0 fully saturated rings. The van der Waals surface area contributed by atoms with Gasteiger partial charge in [-0.2, -0.15) is 0 Å². The van der Waals surface area contributed by atoms with Crippen LogP contribution < -0.4 is 11.1 Å². The molecule has 1 rings (SSSR count). The van der Waals surface area contributed by atoms with Crippen LogP contribution in [0.25, 0.3) is 0 Å². The fraction of sp³-hybridized carbons (Fsp3) is 0.300. The number of hydrogen-bond acceptors (Lipinski definition) is 4. The molecule has 0 spiro atoms. The summed E-state index contributed by atoms with van der Waals surface area (Å²) in [7, 11) is -3.32. The molecule has 0 aliphatic carbocycles. The summed E-state index contributed by atoms with van der Waals surface area (Å²) in [4.78, 5) is 11.3. The number of carbonyl (C=O) groups is 1. The number of hydrogen-bond donors (Lipinski definition) is 2. The van der Waals surface area contributed by atoms with Crippen molar-refractivity contribution >= 4 is 27.1 Å². The highest BCUT2D eigenvalue weighted by Crippen LogP contribution is 2.19. The summed E-state index contributed by atoms with van der Waals surface area (Å²) in [6, 6.07) is 5.13. The van der Waals surface area contributed by atoms with Gasteiger partial charge >= 0.3 is 0 Å². The summed E-state index contributed by atoms with van der Waals surface area (Å²) in [6.45, 7) is 1.87. The highest BCUT2D eigenvalue weighted by Gasteiger charge is 2.11. The molecular weight excluding hydrogens is 228 g/mol. The molecule has 16 heavy (non-hydrogen) atoms. The standard InChI is InChI=1S/C10H14N2O3S/c1-7-3-4-9(8(11)5-7)12-10(13)6-16(2,14)15/h3-5H,6,11H2,1-2H3,(H,12,13). The van der Waals surface area contributed by atoms with Crippen molar-refractivity contribution in [1.82, 2.24) is 0 Å². The monoisotopic (exact) mass is 242 g/mol. The zero-order chi connectivity index (χ0) is 12.3. The smallest absolute Gasteiger partial charge is 0.239 e. The van der Waals surface area contributed by atoms with E-state index in [1.807, 2.05) is 6.92 Å². The van der Waals surface area contributed by atoms with Crippen LogP contribution in [0.4, 0.5) is 11.4 Å². The van der Waals surface area contributed by atoms with Crippen LogP contribution in [-0.4, -0.2) is 26.3 Å². The Balaban J connectivity index is 2.78. The van der Waals surface area contributed by atoms with Gasteiger partial charge in [-0.15, -0.1) is 0 Å². The molecule has 0 saturated heterocycles. The highest BCUT2D eigenvalue weighted by molar-refractivity contribution is 7.91. The first-order valence-electron chi connectivity index (χ1n) is 4.61. The minimum absolute atomic E-state index is 0.418. The van der Waals surface area contributed by atoms with Crippen molar-refractivity contribution in [2.24, 2.45) is 0 Å². The second-order valence-corrected chi connectivity index (χ2v) is 5.85. The maximum Gasteiger partial charge on any atom is 0.239 e. The molecule has 0 aliphatic rings. The summed E-state index contributed by atoms with van der Waals surface area (Å²) in [5.41, 5.74) is 7.49. The molecule has 0 unspecified atom stereocenters. The molecule has 0 saturated carbocycles. The van der Waals surface area contributed by atoms with Gasteiger partial charge in [0.15, 0.2) is 9.84 Å². The number of benzene rings is 1. The molecular formula is C10H14N2O3S. The van der Waals surface area contributed by atoms with Gasteiger partial charge < -0.3 is 11.1 Å². The molecule has 3 N–H and O–H groups in total. The van der Waals surface area contributed by atoms with Crippen LogP contribution in [-0.2, 0) is 14.6 Å². The molecule has 0 aromatic heterocycles. The fourth-order valence-corrected chi connectivity index (χ4v) is 1.77. The highest BCUT2D eigenvalue weighted by atomic mass is 32.2. The molecule has 0 aliphatic heterocycles. The number of carbonyl (C=O) groups excluding carboxylic acids is 1. The topological polar surface area (TPSA) is 89.3 Å². The van der Waals surface area contributed by atoms with E-state index in [4.69, 9.17) is 5.73 Å². The number of anilines is 2. The van der Waals surface area contributed by atoms with Crippen LogP contribution >= 0.6 is 0 Å². The average molecular weight is 242 g/mol. The van der Waals surface area contributed by atoms with Crippen LogP contribution in [0, 0.1) is 6.92 Å². The van der Waals surface area contributed by atoms with Crippen molar-refractivity contribution < 1.29 is 13.2 Å². The van der Waals surface area contributed by atoms with E-state index >= 15 is 0 Å². The number of nitrogen functional groups attached to an aromatic ring is 1. The predicted molar refractivity (Wildman–Crippen MR) is 63.9 cm³/mol. The average Bonchev–Trinajstić information content (AvgIpc) is 2.06. The lowest BCUT2D eigenvalue weighted by Gasteiger charge is -2.08. The molecule has 0 bridgehead atoms. The summed E-state index contributed by atoms with van der Waals surface area (Å²) in [6.07, 6.45) is 1.01. The van der Waals surface area contributed by atoms with Gasteiger partial charge in [-0.3, -0.25) is 4.79 Å². The normalized spacial score (nSPS) is 11.1.